The second-order valence-electron chi connectivity index (χ2n) is 6.09. The Morgan fingerprint density at radius 2 is 2.05 bits per heavy atom. The Bertz CT molecular complexity index is 499. The van der Waals surface area contributed by atoms with Crippen molar-refractivity contribution in [2.24, 2.45) is 5.73 Å². The highest BCUT2D eigenvalue weighted by Crippen LogP contribution is 2.35. The summed E-state index contributed by atoms with van der Waals surface area (Å²) < 4.78 is 5.45. The summed E-state index contributed by atoms with van der Waals surface area (Å²) in [4.78, 5) is 14.0. The lowest BCUT2D eigenvalue weighted by Gasteiger charge is -2.30. The van der Waals surface area contributed by atoms with Gasteiger partial charge in [0.1, 0.15) is 5.60 Å². The number of ether oxygens (including phenoxy) is 1. The van der Waals surface area contributed by atoms with E-state index in [-0.39, 0.29) is 18.2 Å². The van der Waals surface area contributed by atoms with Crippen LogP contribution in [0, 0.1) is 0 Å². The first-order chi connectivity index (χ1) is 9.29. The van der Waals surface area contributed by atoms with Gasteiger partial charge in [0, 0.05) is 17.6 Å². The number of benzene rings is 1. The monoisotopic (exact) mass is 296 g/mol. The van der Waals surface area contributed by atoms with Crippen molar-refractivity contribution in [3.63, 3.8) is 0 Å². The third kappa shape index (κ3) is 3.25. The van der Waals surface area contributed by atoms with Crippen LogP contribution in [-0.2, 0) is 4.74 Å². The fourth-order valence-corrected chi connectivity index (χ4v) is 2.70. The summed E-state index contributed by atoms with van der Waals surface area (Å²) in [6.45, 7) is 6.15. The van der Waals surface area contributed by atoms with Crippen LogP contribution in [0.15, 0.2) is 24.3 Å². The van der Waals surface area contributed by atoms with Crippen LogP contribution < -0.4 is 5.73 Å². The lowest BCUT2D eigenvalue weighted by Crippen LogP contribution is -2.39. The van der Waals surface area contributed by atoms with Crippen LogP contribution in [0.2, 0.25) is 5.02 Å². The molecule has 0 saturated carbocycles. The number of hydrogen-bond donors (Lipinski definition) is 1. The summed E-state index contributed by atoms with van der Waals surface area (Å²) in [5.74, 6) is 0. The highest BCUT2D eigenvalue weighted by molar-refractivity contribution is 6.31. The third-order valence-electron chi connectivity index (χ3n) is 3.30. The number of carbonyl (C=O) groups excluding carboxylic acids is 1. The van der Waals surface area contributed by atoms with E-state index in [9.17, 15) is 4.79 Å². The maximum absolute atomic E-state index is 12.3. The molecule has 5 heteroatoms. The summed E-state index contributed by atoms with van der Waals surface area (Å²) >= 11 is 6.24. The number of nitrogens with zero attached hydrogens (tertiary/aromatic N) is 1. The maximum atomic E-state index is 12.3. The van der Waals surface area contributed by atoms with Crippen molar-refractivity contribution >= 4 is 17.7 Å². The molecule has 110 valence electrons. The van der Waals surface area contributed by atoms with Crippen LogP contribution in [0.25, 0.3) is 0 Å². The zero-order valence-corrected chi connectivity index (χ0v) is 12.9. The topological polar surface area (TPSA) is 55.6 Å². The van der Waals surface area contributed by atoms with Crippen LogP contribution >= 0.6 is 11.6 Å². The van der Waals surface area contributed by atoms with Gasteiger partial charge < -0.3 is 10.5 Å². The van der Waals surface area contributed by atoms with Gasteiger partial charge in [-0.1, -0.05) is 29.8 Å². The fourth-order valence-electron chi connectivity index (χ4n) is 2.46. The Labute approximate surface area is 124 Å². The molecule has 2 N–H and O–H groups in total. The molecule has 1 amide bonds. The molecule has 1 aromatic carbocycles. The van der Waals surface area contributed by atoms with Gasteiger partial charge >= 0.3 is 6.09 Å². The molecule has 4 nitrogen and oxygen atoms in total. The Balaban J connectivity index is 2.26. The average molecular weight is 297 g/mol. The molecular formula is C15H21ClN2O2. The normalized spacial score (nSPS) is 22.9. The van der Waals surface area contributed by atoms with E-state index in [4.69, 9.17) is 22.1 Å². The molecule has 1 aliphatic heterocycles. The van der Waals surface area contributed by atoms with E-state index in [0.29, 0.717) is 11.6 Å². The van der Waals surface area contributed by atoms with E-state index >= 15 is 0 Å². The summed E-state index contributed by atoms with van der Waals surface area (Å²) in [6.07, 6.45) is 0.408. The van der Waals surface area contributed by atoms with E-state index < -0.39 is 5.60 Å². The van der Waals surface area contributed by atoms with Crippen LogP contribution in [0.3, 0.4) is 0 Å². The van der Waals surface area contributed by atoms with Gasteiger partial charge in [0.15, 0.2) is 0 Å². The van der Waals surface area contributed by atoms with Crippen LogP contribution in [-0.4, -0.2) is 29.2 Å². The smallest absolute Gasteiger partial charge is 0.410 e. The summed E-state index contributed by atoms with van der Waals surface area (Å²) in [7, 11) is 0. The van der Waals surface area contributed by atoms with Crippen LogP contribution in [0.4, 0.5) is 4.79 Å². The van der Waals surface area contributed by atoms with Crippen molar-refractivity contribution in [3.8, 4) is 0 Å². The quantitative estimate of drug-likeness (QED) is 0.864. The molecule has 0 aromatic heterocycles. The first-order valence-electron chi connectivity index (χ1n) is 6.79. The lowest BCUT2D eigenvalue weighted by atomic mass is 10.0. The minimum atomic E-state index is -0.519. The molecule has 20 heavy (non-hydrogen) atoms. The third-order valence-corrected chi connectivity index (χ3v) is 3.64. The molecule has 0 radical (unpaired) electrons. The molecule has 1 aliphatic rings. The molecule has 0 aliphatic carbocycles. The number of halogens is 1. The van der Waals surface area contributed by atoms with Gasteiger partial charge in [0.05, 0.1) is 6.04 Å². The Hall–Kier alpha value is -1.26. The van der Waals surface area contributed by atoms with E-state index in [1.165, 1.54) is 0 Å². The van der Waals surface area contributed by atoms with Crippen molar-refractivity contribution in [3.05, 3.63) is 34.9 Å². The van der Waals surface area contributed by atoms with Gasteiger partial charge in [-0.15, -0.1) is 0 Å². The number of amides is 1. The molecule has 1 fully saturated rings. The van der Waals surface area contributed by atoms with Crippen molar-refractivity contribution in [1.29, 1.82) is 0 Å². The SMILES string of the molecule is CC(C)(C)OC(=O)N1CC[C@@H](N)[C@H]1c1ccccc1Cl. The van der Waals surface area contributed by atoms with Crippen molar-refractivity contribution in [2.45, 2.75) is 44.9 Å². The lowest BCUT2D eigenvalue weighted by molar-refractivity contribution is 0.0218. The minimum absolute atomic E-state index is 0.123. The Morgan fingerprint density at radius 3 is 2.65 bits per heavy atom. The molecule has 2 rings (SSSR count). The number of carbonyl (C=O) groups is 1. The fraction of sp³-hybridized carbons (Fsp3) is 0.533. The van der Waals surface area contributed by atoms with Crippen LogP contribution in [0.5, 0.6) is 0 Å². The molecule has 1 aromatic rings. The second-order valence-corrected chi connectivity index (χ2v) is 6.50. The first-order valence-corrected chi connectivity index (χ1v) is 7.17. The van der Waals surface area contributed by atoms with Gasteiger partial charge in [0.25, 0.3) is 0 Å². The highest BCUT2D eigenvalue weighted by Gasteiger charge is 2.39. The second kappa shape index (κ2) is 5.62. The molecule has 2 atom stereocenters. The van der Waals surface area contributed by atoms with Gasteiger partial charge in [-0.25, -0.2) is 4.79 Å². The molecule has 1 saturated heterocycles. The van der Waals surface area contributed by atoms with E-state index in [2.05, 4.69) is 0 Å². The predicted octanol–water partition coefficient (Wildman–Crippen LogP) is 3.35. The standard InChI is InChI=1S/C15H21ClN2O2/c1-15(2,3)20-14(19)18-9-8-12(17)13(18)10-6-4-5-7-11(10)16/h4-7,12-13H,8-9,17H2,1-3H3/t12-,13-/m1/s1. The van der Waals surface area contributed by atoms with E-state index in [1.54, 1.807) is 4.90 Å². The Morgan fingerprint density at radius 1 is 1.40 bits per heavy atom. The van der Waals surface area contributed by atoms with Gasteiger partial charge in [-0.05, 0) is 38.8 Å². The van der Waals surface area contributed by atoms with Gasteiger partial charge in [-0.2, -0.15) is 0 Å². The van der Waals surface area contributed by atoms with E-state index in [0.717, 1.165) is 12.0 Å². The van der Waals surface area contributed by atoms with Crippen molar-refractivity contribution < 1.29 is 9.53 Å². The molecule has 0 spiro atoms. The van der Waals surface area contributed by atoms with Gasteiger partial charge in [0.2, 0.25) is 0 Å². The summed E-state index contributed by atoms with van der Waals surface area (Å²) in [5.41, 5.74) is 6.52. The number of rotatable bonds is 1. The van der Waals surface area contributed by atoms with Crippen LogP contribution in [0.1, 0.15) is 38.8 Å². The number of hydrogen-bond acceptors (Lipinski definition) is 3. The molecule has 0 bridgehead atoms. The summed E-state index contributed by atoms with van der Waals surface area (Å²) in [5, 5.41) is 0.628. The predicted molar refractivity (Wildman–Crippen MR) is 79.7 cm³/mol. The summed E-state index contributed by atoms with van der Waals surface area (Å²) in [6, 6.07) is 7.15. The Kier molecular flexibility index (Phi) is 4.25. The average Bonchev–Trinajstić information content (AvgIpc) is 2.70. The first kappa shape index (κ1) is 15.1. The zero-order valence-electron chi connectivity index (χ0n) is 12.1. The zero-order chi connectivity index (χ0) is 14.9. The largest absolute Gasteiger partial charge is 0.444 e. The maximum Gasteiger partial charge on any atom is 0.410 e. The van der Waals surface area contributed by atoms with Gasteiger partial charge in [-0.3, -0.25) is 4.90 Å². The van der Waals surface area contributed by atoms with Crippen molar-refractivity contribution in [1.82, 2.24) is 4.90 Å². The minimum Gasteiger partial charge on any atom is -0.444 e. The number of nitrogens with two attached hydrogens (primary N) is 1. The van der Waals surface area contributed by atoms with Crippen molar-refractivity contribution in [2.75, 3.05) is 6.54 Å². The number of likely N-dealkylation sites (tertiary alicyclic amines) is 1. The molecule has 1 heterocycles. The highest BCUT2D eigenvalue weighted by atomic mass is 35.5. The molecular weight excluding hydrogens is 276 g/mol. The van der Waals surface area contributed by atoms with E-state index in [1.807, 2.05) is 45.0 Å². The molecule has 0 unspecified atom stereocenters.